The molecule has 35 heavy (non-hydrogen) atoms. The van der Waals surface area contributed by atoms with E-state index in [1.165, 1.54) is 6.07 Å². The number of anilines is 1. The predicted octanol–water partition coefficient (Wildman–Crippen LogP) is 4.32. The number of pyridine rings is 1. The molecular formula is C26H22FN7O. The summed E-state index contributed by atoms with van der Waals surface area (Å²) >= 11 is 0. The summed E-state index contributed by atoms with van der Waals surface area (Å²) in [5, 5.41) is 3.33. The Kier molecular flexibility index (Phi) is 4.24. The molecule has 0 radical (unpaired) electrons. The number of rotatable bonds is 3. The van der Waals surface area contributed by atoms with E-state index in [2.05, 4.69) is 20.9 Å². The molecular weight excluding hydrogens is 445 g/mol. The third-order valence-electron chi connectivity index (χ3n) is 6.91. The number of aromatic nitrogens is 6. The second-order valence-corrected chi connectivity index (χ2v) is 9.02. The van der Waals surface area contributed by atoms with Gasteiger partial charge in [-0.2, -0.15) is 0 Å². The minimum absolute atomic E-state index is 0.247. The Hall–Kier alpha value is -4.27. The number of hydrogen-bond acceptors (Lipinski definition) is 6. The summed E-state index contributed by atoms with van der Waals surface area (Å²) in [7, 11) is 0. The topological polar surface area (TPSA) is 82.2 Å². The number of nitrogens with one attached hydrogen (secondary N) is 1. The van der Waals surface area contributed by atoms with Crippen LogP contribution < -0.4 is 10.1 Å². The molecule has 5 aromatic rings. The zero-order chi connectivity index (χ0) is 23.7. The molecule has 0 atom stereocenters. The fraction of sp³-hybridized carbons (Fsp3) is 0.231. The van der Waals surface area contributed by atoms with Gasteiger partial charge in [-0.1, -0.05) is 6.07 Å². The number of imidazole rings is 2. The summed E-state index contributed by atoms with van der Waals surface area (Å²) in [6.07, 6.45) is 6.16. The van der Waals surface area contributed by atoms with Gasteiger partial charge < -0.3 is 14.6 Å². The second kappa shape index (κ2) is 7.36. The van der Waals surface area contributed by atoms with Crippen LogP contribution in [-0.2, 0) is 19.5 Å². The van der Waals surface area contributed by atoms with Crippen LogP contribution in [0.15, 0.2) is 43.0 Å². The molecule has 0 amide bonds. The molecule has 0 bridgehead atoms. The van der Waals surface area contributed by atoms with E-state index in [-0.39, 0.29) is 5.82 Å². The largest absolute Gasteiger partial charge is 0.493 e. The molecule has 0 spiro atoms. The normalized spacial score (nSPS) is 13.6. The first-order valence-electron chi connectivity index (χ1n) is 11.6. The minimum Gasteiger partial charge on any atom is -0.493 e. The third kappa shape index (κ3) is 2.97. The van der Waals surface area contributed by atoms with E-state index in [4.69, 9.17) is 19.7 Å². The summed E-state index contributed by atoms with van der Waals surface area (Å²) in [6, 6.07) is 7.27. The van der Waals surface area contributed by atoms with Crippen molar-refractivity contribution in [1.29, 1.82) is 0 Å². The Morgan fingerprint density at radius 3 is 2.89 bits per heavy atom. The highest BCUT2D eigenvalue weighted by Crippen LogP contribution is 2.37. The third-order valence-corrected chi connectivity index (χ3v) is 6.91. The summed E-state index contributed by atoms with van der Waals surface area (Å²) in [4.78, 5) is 19.0. The molecule has 4 aromatic heterocycles. The Morgan fingerprint density at radius 1 is 1.06 bits per heavy atom. The number of ether oxygens (including phenoxy) is 1. The van der Waals surface area contributed by atoms with Crippen LogP contribution in [0.25, 0.3) is 28.2 Å². The number of nitrogens with zero attached hydrogens (tertiary/aromatic N) is 6. The van der Waals surface area contributed by atoms with E-state index >= 15 is 0 Å². The van der Waals surface area contributed by atoms with Crippen molar-refractivity contribution >= 4 is 11.5 Å². The molecule has 0 fully saturated rings. The second-order valence-electron chi connectivity index (χ2n) is 9.02. The van der Waals surface area contributed by atoms with Crippen molar-refractivity contribution in [2.75, 3.05) is 11.9 Å². The van der Waals surface area contributed by atoms with Gasteiger partial charge in [-0.05, 0) is 32.0 Å². The average Bonchev–Trinajstić information content (AvgIpc) is 3.57. The zero-order valence-electron chi connectivity index (χ0n) is 19.3. The fourth-order valence-electron chi connectivity index (χ4n) is 5.16. The van der Waals surface area contributed by atoms with Crippen molar-refractivity contribution in [3.05, 3.63) is 77.0 Å². The lowest BCUT2D eigenvalue weighted by atomic mass is 10.0. The van der Waals surface area contributed by atoms with Gasteiger partial charge in [0, 0.05) is 59.0 Å². The highest BCUT2D eigenvalue weighted by molar-refractivity contribution is 5.91. The fourth-order valence-corrected chi connectivity index (χ4v) is 5.16. The van der Waals surface area contributed by atoms with E-state index in [9.17, 15) is 4.39 Å². The van der Waals surface area contributed by atoms with Gasteiger partial charge in [-0.15, -0.1) is 0 Å². The number of aryl methyl sites for hydroxylation is 2. The van der Waals surface area contributed by atoms with Crippen LogP contribution in [0.3, 0.4) is 0 Å². The molecule has 0 unspecified atom stereocenters. The van der Waals surface area contributed by atoms with Crippen LogP contribution in [0.1, 0.15) is 28.2 Å². The van der Waals surface area contributed by atoms with Gasteiger partial charge in [0.2, 0.25) is 5.95 Å². The Balaban J connectivity index is 1.39. The molecule has 2 aliphatic rings. The van der Waals surface area contributed by atoms with Crippen molar-refractivity contribution in [3.63, 3.8) is 0 Å². The van der Waals surface area contributed by atoms with Crippen LogP contribution in [0.4, 0.5) is 10.3 Å². The molecule has 6 heterocycles. The van der Waals surface area contributed by atoms with Crippen molar-refractivity contribution < 1.29 is 9.13 Å². The lowest BCUT2D eigenvalue weighted by Crippen LogP contribution is -2.12. The molecule has 8 nitrogen and oxygen atoms in total. The van der Waals surface area contributed by atoms with Crippen molar-refractivity contribution in [2.45, 2.75) is 33.4 Å². The maximum atomic E-state index is 14.7. The molecule has 7 rings (SSSR count). The van der Waals surface area contributed by atoms with Gasteiger partial charge >= 0.3 is 0 Å². The molecule has 0 saturated heterocycles. The number of halogens is 1. The first-order valence-corrected chi connectivity index (χ1v) is 11.6. The minimum atomic E-state index is -0.247. The Bertz CT molecular complexity index is 1650. The van der Waals surface area contributed by atoms with Gasteiger partial charge in [-0.25, -0.2) is 19.3 Å². The van der Waals surface area contributed by atoms with Crippen LogP contribution >= 0.6 is 0 Å². The lowest BCUT2D eigenvalue weighted by molar-refractivity contribution is 0.356. The Morgan fingerprint density at radius 2 is 1.97 bits per heavy atom. The molecule has 2 aliphatic heterocycles. The summed E-state index contributed by atoms with van der Waals surface area (Å²) < 4.78 is 24.4. The average molecular weight is 468 g/mol. The first-order chi connectivity index (χ1) is 17.1. The van der Waals surface area contributed by atoms with Gasteiger partial charge in [0.25, 0.3) is 0 Å². The van der Waals surface area contributed by atoms with E-state index in [0.717, 1.165) is 56.6 Å². The van der Waals surface area contributed by atoms with Gasteiger partial charge in [0.1, 0.15) is 23.6 Å². The van der Waals surface area contributed by atoms with Gasteiger partial charge in [0.15, 0.2) is 5.82 Å². The predicted molar refractivity (Wildman–Crippen MR) is 129 cm³/mol. The van der Waals surface area contributed by atoms with Crippen LogP contribution in [0.2, 0.25) is 0 Å². The van der Waals surface area contributed by atoms with Gasteiger partial charge in [-0.3, -0.25) is 9.38 Å². The molecule has 1 aromatic carbocycles. The standard InChI is InChI=1S/C26H22FN7O/c1-14-3-4-16-19-11-30-26(29-10-18-17-7-8-35-22(17)6-5-20(18)27)34-13-31-23(24(19)34)25-28-9-15(2)33(25)12-21(16)32-14/h3-6,9,11,13H,7-8,10,12H2,1-2H3,(H,29,30). The van der Waals surface area contributed by atoms with Crippen molar-refractivity contribution in [3.8, 4) is 28.4 Å². The van der Waals surface area contributed by atoms with Crippen molar-refractivity contribution in [1.82, 2.24) is 28.9 Å². The van der Waals surface area contributed by atoms with Crippen LogP contribution in [0, 0.1) is 19.7 Å². The smallest absolute Gasteiger partial charge is 0.208 e. The molecule has 174 valence electrons. The SMILES string of the molecule is Cc1ccc2c(n1)Cn1c(C)cnc1-c1ncn3c(NCc4c(F)ccc5c4CCO5)ncc-2c13. The number of hydrogen-bond donors (Lipinski definition) is 1. The highest BCUT2D eigenvalue weighted by atomic mass is 19.1. The summed E-state index contributed by atoms with van der Waals surface area (Å²) in [5.41, 5.74) is 8.12. The lowest BCUT2D eigenvalue weighted by Gasteiger charge is -2.19. The number of benzene rings is 1. The van der Waals surface area contributed by atoms with E-state index in [0.29, 0.717) is 37.6 Å². The Labute approximate surface area is 200 Å². The monoisotopic (exact) mass is 467 g/mol. The van der Waals surface area contributed by atoms with E-state index < -0.39 is 0 Å². The zero-order valence-corrected chi connectivity index (χ0v) is 19.3. The van der Waals surface area contributed by atoms with E-state index in [1.807, 2.05) is 36.7 Å². The molecule has 0 aliphatic carbocycles. The van der Waals surface area contributed by atoms with Gasteiger partial charge in [0.05, 0.1) is 24.4 Å². The molecule has 0 saturated carbocycles. The first kappa shape index (κ1) is 20.1. The molecule has 1 N–H and O–H groups in total. The maximum Gasteiger partial charge on any atom is 0.208 e. The maximum absolute atomic E-state index is 14.7. The quantitative estimate of drug-likeness (QED) is 0.418. The summed E-state index contributed by atoms with van der Waals surface area (Å²) in [5.74, 6) is 1.88. The number of fused-ring (bicyclic) bond motifs is 5. The van der Waals surface area contributed by atoms with Crippen LogP contribution in [-0.4, -0.2) is 35.5 Å². The van der Waals surface area contributed by atoms with E-state index in [1.54, 1.807) is 12.4 Å². The van der Waals surface area contributed by atoms with Crippen LogP contribution in [0.5, 0.6) is 5.75 Å². The molecule has 9 heteroatoms. The summed E-state index contributed by atoms with van der Waals surface area (Å²) in [6.45, 7) is 5.51. The van der Waals surface area contributed by atoms with Crippen molar-refractivity contribution in [2.24, 2.45) is 0 Å². The highest BCUT2D eigenvalue weighted by Gasteiger charge is 2.26.